The van der Waals surface area contributed by atoms with Crippen molar-refractivity contribution in [2.75, 3.05) is 6.61 Å². The van der Waals surface area contributed by atoms with Gasteiger partial charge in [0, 0.05) is 12.1 Å². The van der Waals surface area contributed by atoms with Crippen molar-refractivity contribution in [2.45, 2.75) is 53.0 Å². The van der Waals surface area contributed by atoms with Gasteiger partial charge >= 0.3 is 0 Å². The molecule has 1 atom stereocenters. The fourth-order valence-electron chi connectivity index (χ4n) is 2.07. The summed E-state index contributed by atoms with van der Waals surface area (Å²) in [5.74, 6) is 1.63. The molecule has 1 aromatic carbocycles. The maximum Gasteiger partial charge on any atom is 0.124 e. The largest absolute Gasteiger partial charge is 0.493 e. The Bertz CT molecular complexity index is 349. The van der Waals surface area contributed by atoms with Gasteiger partial charge in [-0.15, -0.1) is 0 Å². The Labute approximate surface area is 112 Å². The molecule has 0 bridgehead atoms. The highest BCUT2D eigenvalue weighted by molar-refractivity contribution is 5.36. The Kier molecular flexibility index (Phi) is 6.81. The summed E-state index contributed by atoms with van der Waals surface area (Å²) >= 11 is 0. The van der Waals surface area contributed by atoms with E-state index in [0.29, 0.717) is 12.5 Å². The fourth-order valence-corrected chi connectivity index (χ4v) is 2.07. The molecule has 0 aliphatic heterocycles. The molecular weight excluding hydrogens is 222 g/mol. The van der Waals surface area contributed by atoms with Gasteiger partial charge in [-0.2, -0.15) is 0 Å². The molecule has 0 spiro atoms. The van der Waals surface area contributed by atoms with Crippen molar-refractivity contribution in [2.24, 2.45) is 11.7 Å². The molecule has 18 heavy (non-hydrogen) atoms. The summed E-state index contributed by atoms with van der Waals surface area (Å²) in [5, 5.41) is 0. The van der Waals surface area contributed by atoms with Gasteiger partial charge in [0.15, 0.2) is 0 Å². The van der Waals surface area contributed by atoms with E-state index in [2.05, 4.69) is 39.0 Å². The minimum Gasteiger partial charge on any atom is -0.493 e. The molecule has 0 aliphatic rings. The summed E-state index contributed by atoms with van der Waals surface area (Å²) in [6, 6.07) is 6.25. The minimum absolute atomic E-state index is 0.543. The minimum atomic E-state index is 0.543. The summed E-state index contributed by atoms with van der Waals surface area (Å²) in [5.41, 5.74) is 8.07. The first-order chi connectivity index (χ1) is 8.71. The third-order valence-electron chi connectivity index (χ3n) is 3.46. The zero-order chi connectivity index (χ0) is 13.4. The number of nitrogens with two attached hydrogens (primary N) is 1. The fraction of sp³-hybridized carbons (Fsp3) is 0.625. The van der Waals surface area contributed by atoms with Crippen LogP contribution in [-0.2, 0) is 6.54 Å². The van der Waals surface area contributed by atoms with E-state index in [1.165, 1.54) is 31.2 Å². The average Bonchev–Trinajstić information content (AvgIpc) is 2.39. The number of unbranched alkanes of at least 4 members (excludes halogenated alkanes) is 1. The maximum atomic E-state index is 5.98. The molecule has 2 N–H and O–H groups in total. The quantitative estimate of drug-likeness (QED) is 0.754. The van der Waals surface area contributed by atoms with Crippen LogP contribution in [0.3, 0.4) is 0 Å². The van der Waals surface area contributed by atoms with Gasteiger partial charge < -0.3 is 10.5 Å². The monoisotopic (exact) mass is 249 g/mol. The van der Waals surface area contributed by atoms with Crippen molar-refractivity contribution in [3.05, 3.63) is 29.3 Å². The Morgan fingerprint density at radius 2 is 2.06 bits per heavy atom. The van der Waals surface area contributed by atoms with E-state index < -0.39 is 0 Å². The molecule has 0 heterocycles. The van der Waals surface area contributed by atoms with E-state index in [1.54, 1.807) is 0 Å². The maximum absolute atomic E-state index is 5.98. The second-order valence-corrected chi connectivity index (χ2v) is 5.04. The van der Waals surface area contributed by atoms with Crippen LogP contribution >= 0.6 is 0 Å². The molecule has 0 radical (unpaired) electrons. The van der Waals surface area contributed by atoms with Crippen LogP contribution in [0.1, 0.15) is 50.7 Å². The molecule has 0 saturated carbocycles. The second-order valence-electron chi connectivity index (χ2n) is 5.04. The number of rotatable bonds is 8. The Morgan fingerprint density at radius 3 is 2.67 bits per heavy atom. The van der Waals surface area contributed by atoms with Gasteiger partial charge in [0.25, 0.3) is 0 Å². The smallest absolute Gasteiger partial charge is 0.124 e. The predicted octanol–water partition coefficient (Wildman–Crippen LogP) is 4.05. The molecule has 0 saturated heterocycles. The van der Waals surface area contributed by atoms with Crippen LogP contribution in [0.2, 0.25) is 0 Å². The summed E-state index contributed by atoms with van der Waals surface area (Å²) < 4.78 is 5.98. The van der Waals surface area contributed by atoms with E-state index in [-0.39, 0.29) is 0 Å². The molecule has 1 aromatic rings. The van der Waals surface area contributed by atoms with Gasteiger partial charge in [0.2, 0.25) is 0 Å². The number of hydrogen-bond acceptors (Lipinski definition) is 2. The zero-order valence-corrected chi connectivity index (χ0v) is 12.0. The lowest BCUT2D eigenvalue weighted by Gasteiger charge is -2.17. The van der Waals surface area contributed by atoms with Gasteiger partial charge in [-0.3, -0.25) is 0 Å². The predicted molar refractivity (Wildman–Crippen MR) is 77.9 cm³/mol. The molecule has 2 nitrogen and oxygen atoms in total. The summed E-state index contributed by atoms with van der Waals surface area (Å²) in [4.78, 5) is 0. The third-order valence-corrected chi connectivity index (χ3v) is 3.46. The van der Waals surface area contributed by atoms with Crippen LogP contribution in [0.15, 0.2) is 18.2 Å². The molecule has 0 aromatic heterocycles. The van der Waals surface area contributed by atoms with E-state index in [1.807, 2.05) is 0 Å². The number of aryl methyl sites for hydroxylation is 1. The van der Waals surface area contributed by atoms with Gasteiger partial charge in [-0.05, 0) is 30.9 Å². The molecule has 1 unspecified atom stereocenters. The number of ether oxygens (including phenoxy) is 1. The first kappa shape index (κ1) is 15.0. The first-order valence-electron chi connectivity index (χ1n) is 7.13. The SMILES string of the molecule is CCCCC(CC)COc1cc(C)ccc1CN. The van der Waals surface area contributed by atoms with Crippen LogP contribution in [0.25, 0.3) is 0 Å². The van der Waals surface area contributed by atoms with Crippen LogP contribution in [0, 0.1) is 12.8 Å². The lowest BCUT2D eigenvalue weighted by molar-refractivity contribution is 0.231. The molecule has 0 amide bonds. The zero-order valence-electron chi connectivity index (χ0n) is 12.0. The van der Waals surface area contributed by atoms with Gasteiger partial charge in [-0.1, -0.05) is 45.2 Å². The van der Waals surface area contributed by atoms with Crippen LogP contribution < -0.4 is 10.5 Å². The van der Waals surface area contributed by atoms with Crippen molar-refractivity contribution in [3.8, 4) is 5.75 Å². The van der Waals surface area contributed by atoms with Crippen LogP contribution in [0.5, 0.6) is 5.75 Å². The van der Waals surface area contributed by atoms with Crippen molar-refractivity contribution >= 4 is 0 Å². The van der Waals surface area contributed by atoms with Gasteiger partial charge in [0.05, 0.1) is 6.61 Å². The Hall–Kier alpha value is -1.02. The summed E-state index contributed by atoms with van der Waals surface area (Å²) in [7, 11) is 0. The van der Waals surface area contributed by atoms with E-state index in [9.17, 15) is 0 Å². The summed E-state index contributed by atoms with van der Waals surface area (Å²) in [6.45, 7) is 7.92. The van der Waals surface area contributed by atoms with E-state index >= 15 is 0 Å². The lowest BCUT2D eigenvalue weighted by Crippen LogP contribution is -2.13. The molecule has 2 heteroatoms. The highest BCUT2D eigenvalue weighted by atomic mass is 16.5. The first-order valence-corrected chi connectivity index (χ1v) is 7.13. The van der Waals surface area contributed by atoms with Gasteiger partial charge in [-0.25, -0.2) is 0 Å². The normalized spacial score (nSPS) is 12.4. The molecule has 0 fully saturated rings. The lowest BCUT2D eigenvalue weighted by atomic mass is 10.0. The van der Waals surface area contributed by atoms with Crippen molar-refractivity contribution in [3.63, 3.8) is 0 Å². The molecular formula is C16H27NO. The molecule has 0 aliphatic carbocycles. The van der Waals surface area contributed by atoms with Crippen molar-refractivity contribution in [1.29, 1.82) is 0 Å². The second kappa shape index (κ2) is 8.15. The number of benzene rings is 1. The molecule has 1 rings (SSSR count). The van der Waals surface area contributed by atoms with Gasteiger partial charge in [0.1, 0.15) is 5.75 Å². The van der Waals surface area contributed by atoms with Crippen molar-refractivity contribution < 1.29 is 4.74 Å². The average molecular weight is 249 g/mol. The Morgan fingerprint density at radius 1 is 1.28 bits per heavy atom. The number of hydrogen-bond donors (Lipinski definition) is 1. The van der Waals surface area contributed by atoms with Crippen molar-refractivity contribution in [1.82, 2.24) is 0 Å². The highest BCUT2D eigenvalue weighted by Crippen LogP contribution is 2.22. The summed E-state index contributed by atoms with van der Waals surface area (Å²) in [6.07, 6.45) is 5.00. The highest BCUT2D eigenvalue weighted by Gasteiger charge is 2.09. The topological polar surface area (TPSA) is 35.2 Å². The van der Waals surface area contributed by atoms with Crippen LogP contribution in [-0.4, -0.2) is 6.61 Å². The third kappa shape index (κ3) is 4.69. The molecule has 102 valence electrons. The standard InChI is InChI=1S/C16H27NO/c1-4-6-7-14(5-2)12-18-16-10-13(3)8-9-15(16)11-17/h8-10,14H,4-7,11-12,17H2,1-3H3. The van der Waals surface area contributed by atoms with E-state index in [0.717, 1.165) is 17.9 Å². The van der Waals surface area contributed by atoms with Crippen LogP contribution in [0.4, 0.5) is 0 Å². The Balaban J connectivity index is 2.57. The van der Waals surface area contributed by atoms with E-state index in [4.69, 9.17) is 10.5 Å².